The third kappa shape index (κ3) is 4.65. The molecule has 8 heteroatoms. The van der Waals surface area contributed by atoms with Gasteiger partial charge in [0.15, 0.2) is 0 Å². The minimum atomic E-state index is -1.06. The lowest BCUT2D eigenvalue weighted by Gasteiger charge is -2.21. The summed E-state index contributed by atoms with van der Waals surface area (Å²) in [5.74, 6) is 1.18. The van der Waals surface area contributed by atoms with E-state index in [2.05, 4.69) is 27.5 Å². The monoisotopic (exact) mass is 398 g/mol. The Hall–Kier alpha value is -2.71. The van der Waals surface area contributed by atoms with E-state index in [1.807, 2.05) is 29.8 Å². The molecule has 0 radical (unpaired) electrons. The molecule has 3 heterocycles. The number of pyridine rings is 1. The molecule has 0 amide bonds. The van der Waals surface area contributed by atoms with E-state index in [0.29, 0.717) is 17.3 Å². The fraction of sp³-hybridized carbons (Fsp3) is 0.476. The first-order valence-electron chi connectivity index (χ1n) is 9.89. The normalized spacial score (nSPS) is 12.9. The Kier molecular flexibility index (Phi) is 6.34. The topological polar surface area (TPSA) is 96.6 Å². The number of fused-ring (bicyclic) bond motifs is 1. The molecule has 0 spiro atoms. The summed E-state index contributed by atoms with van der Waals surface area (Å²) in [5.41, 5.74) is 1.91. The number of imidazole rings is 1. The molecule has 0 aliphatic heterocycles. The maximum absolute atomic E-state index is 10.5. The number of methoxy groups -OCH3 is 1. The zero-order valence-electron chi connectivity index (χ0n) is 17.7. The van der Waals surface area contributed by atoms with Crippen LogP contribution in [-0.2, 0) is 5.60 Å². The van der Waals surface area contributed by atoms with E-state index in [1.54, 1.807) is 33.4 Å². The number of aliphatic hydroxyl groups is 1. The van der Waals surface area contributed by atoms with Crippen LogP contribution in [-0.4, -0.2) is 51.2 Å². The van der Waals surface area contributed by atoms with Gasteiger partial charge in [-0.3, -0.25) is 4.40 Å². The second-order valence-electron chi connectivity index (χ2n) is 7.64. The minimum Gasteiger partial charge on any atom is -0.496 e. The average molecular weight is 399 g/mol. The summed E-state index contributed by atoms with van der Waals surface area (Å²) < 4.78 is 7.36. The first kappa shape index (κ1) is 21.0. The van der Waals surface area contributed by atoms with Crippen molar-refractivity contribution in [2.24, 2.45) is 0 Å². The summed E-state index contributed by atoms with van der Waals surface area (Å²) in [6, 6.07) is 3.94. The van der Waals surface area contributed by atoms with Gasteiger partial charge in [-0.2, -0.15) is 0 Å². The molecule has 0 aliphatic carbocycles. The molecule has 3 N–H and O–H groups in total. The first-order valence-corrected chi connectivity index (χ1v) is 9.89. The van der Waals surface area contributed by atoms with Crippen LogP contribution in [0.3, 0.4) is 0 Å². The lowest BCUT2D eigenvalue weighted by Crippen LogP contribution is -2.31. The van der Waals surface area contributed by atoms with Crippen molar-refractivity contribution in [1.29, 1.82) is 0 Å². The number of anilines is 1. The number of nitrogens with one attached hydrogen (secondary N) is 2. The lowest BCUT2D eigenvalue weighted by atomic mass is 9.99. The summed E-state index contributed by atoms with van der Waals surface area (Å²) >= 11 is 0. The molecule has 0 saturated carbocycles. The number of ether oxygens (including phenoxy) is 1. The zero-order valence-corrected chi connectivity index (χ0v) is 17.7. The van der Waals surface area contributed by atoms with Crippen LogP contribution in [0.25, 0.3) is 17.0 Å². The Bertz CT molecular complexity index is 957. The number of hydrogen-bond donors (Lipinski definition) is 3. The highest BCUT2D eigenvalue weighted by Crippen LogP contribution is 2.32. The van der Waals surface area contributed by atoms with Gasteiger partial charge in [0.2, 0.25) is 5.95 Å². The van der Waals surface area contributed by atoms with Gasteiger partial charge in [0.05, 0.1) is 30.3 Å². The second-order valence-corrected chi connectivity index (χ2v) is 7.64. The third-order valence-corrected chi connectivity index (χ3v) is 4.83. The summed E-state index contributed by atoms with van der Waals surface area (Å²) in [4.78, 5) is 13.6. The van der Waals surface area contributed by atoms with Gasteiger partial charge in [0, 0.05) is 36.6 Å². The van der Waals surface area contributed by atoms with Gasteiger partial charge in [-0.05, 0) is 33.4 Å². The molecule has 1 atom stereocenters. The second kappa shape index (κ2) is 8.75. The van der Waals surface area contributed by atoms with Crippen molar-refractivity contribution in [3.05, 3.63) is 36.3 Å². The van der Waals surface area contributed by atoms with Crippen LogP contribution < -0.4 is 15.4 Å². The molecule has 3 rings (SSSR count). The molecule has 29 heavy (non-hydrogen) atoms. The molecule has 0 bridgehead atoms. The van der Waals surface area contributed by atoms with Crippen LogP contribution in [0.5, 0.6) is 5.75 Å². The third-order valence-electron chi connectivity index (χ3n) is 4.83. The summed E-state index contributed by atoms with van der Waals surface area (Å²) in [6.45, 7) is 6.46. The van der Waals surface area contributed by atoms with E-state index in [9.17, 15) is 5.11 Å². The van der Waals surface area contributed by atoms with Gasteiger partial charge >= 0.3 is 0 Å². The molecule has 3 aromatic heterocycles. The van der Waals surface area contributed by atoms with E-state index in [4.69, 9.17) is 9.72 Å². The van der Waals surface area contributed by atoms with E-state index in [-0.39, 0.29) is 6.04 Å². The Morgan fingerprint density at radius 1 is 1.31 bits per heavy atom. The number of rotatable bonds is 9. The van der Waals surface area contributed by atoms with Gasteiger partial charge in [-0.15, -0.1) is 0 Å². The van der Waals surface area contributed by atoms with Crippen LogP contribution in [0.15, 0.2) is 30.7 Å². The van der Waals surface area contributed by atoms with E-state index < -0.39 is 5.60 Å². The molecule has 0 saturated heterocycles. The fourth-order valence-corrected chi connectivity index (χ4v) is 3.40. The van der Waals surface area contributed by atoms with Crippen molar-refractivity contribution < 1.29 is 9.84 Å². The van der Waals surface area contributed by atoms with Gasteiger partial charge in [-0.1, -0.05) is 13.3 Å². The molecule has 156 valence electrons. The average Bonchev–Trinajstić information content (AvgIpc) is 3.10. The Labute approximate surface area is 171 Å². The number of likely N-dealkylation sites (N-methyl/N-ethyl adjacent to an activating group) is 1. The standard InChI is InChI=1S/C21H30N6O2/c1-6-7-14(11-22-4)25-20-23-9-8-16(26-20)17-12-24-19-10-18(29-5)15(13-27(17)19)21(2,3)28/h8-10,12-14,22,28H,6-7,11H2,1-5H3,(H,23,25,26). The highest BCUT2D eigenvalue weighted by molar-refractivity contribution is 5.63. The van der Waals surface area contributed by atoms with Crippen LogP contribution >= 0.6 is 0 Å². The van der Waals surface area contributed by atoms with E-state index >= 15 is 0 Å². The molecule has 0 fully saturated rings. The number of nitrogens with zero attached hydrogens (tertiary/aromatic N) is 4. The van der Waals surface area contributed by atoms with Crippen LogP contribution in [0, 0.1) is 0 Å². The molecule has 1 unspecified atom stereocenters. The van der Waals surface area contributed by atoms with Crippen LogP contribution in [0.4, 0.5) is 5.95 Å². The smallest absolute Gasteiger partial charge is 0.223 e. The van der Waals surface area contributed by atoms with Gasteiger partial charge in [0.25, 0.3) is 0 Å². The highest BCUT2D eigenvalue weighted by atomic mass is 16.5. The number of hydrogen-bond acceptors (Lipinski definition) is 7. The van der Waals surface area contributed by atoms with Crippen LogP contribution in [0.2, 0.25) is 0 Å². The Morgan fingerprint density at radius 3 is 2.76 bits per heavy atom. The van der Waals surface area contributed by atoms with Crippen molar-refractivity contribution >= 4 is 11.6 Å². The quantitative estimate of drug-likeness (QED) is 0.510. The molecule has 3 aromatic rings. The highest BCUT2D eigenvalue weighted by Gasteiger charge is 2.23. The number of aromatic nitrogens is 4. The largest absolute Gasteiger partial charge is 0.496 e. The Morgan fingerprint density at radius 2 is 2.10 bits per heavy atom. The summed E-state index contributed by atoms with van der Waals surface area (Å²) in [7, 11) is 3.53. The van der Waals surface area contributed by atoms with Crippen molar-refractivity contribution in [3.8, 4) is 17.1 Å². The predicted octanol–water partition coefficient (Wildman–Crippen LogP) is 2.83. The summed E-state index contributed by atoms with van der Waals surface area (Å²) in [6.07, 6.45) is 7.47. The van der Waals surface area contributed by atoms with Crippen molar-refractivity contribution in [2.75, 3.05) is 26.0 Å². The minimum absolute atomic E-state index is 0.258. The SMILES string of the molecule is CCCC(CNC)Nc1nccc(-c2cnc3cc(OC)c(C(C)(C)O)cn23)n1. The van der Waals surface area contributed by atoms with Crippen molar-refractivity contribution in [2.45, 2.75) is 45.3 Å². The summed E-state index contributed by atoms with van der Waals surface area (Å²) in [5, 5.41) is 17.2. The zero-order chi connectivity index (χ0) is 21.0. The Balaban J connectivity index is 2.00. The molecule has 0 aromatic carbocycles. The molecular weight excluding hydrogens is 368 g/mol. The lowest BCUT2D eigenvalue weighted by molar-refractivity contribution is 0.0752. The van der Waals surface area contributed by atoms with Crippen LogP contribution in [0.1, 0.15) is 39.2 Å². The molecular formula is C21H30N6O2. The first-order chi connectivity index (χ1) is 13.9. The van der Waals surface area contributed by atoms with Crippen molar-refractivity contribution in [3.63, 3.8) is 0 Å². The fourth-order valence-electron chi connectivity index (χ4n) is 3.40. The van der Waals surface area contributed by atoms with Crippen molar-refractivity contribution in [1.82, 2.24) is 24.7 Å². The van der Waals surface area contributed by atoms with Gasteiger partial charge in [-0.25, -0.2) is 15.0 Å². The maximum atomic E-state index is 10.5. The maximum Gasteiger partial charge on any atom is 0.223 e. The van der Waals surface area contributed by atoms with Gasteiger partial charge in [0.1, 0.15) is 11.4 Å². The van der Waals surface area contributed by atoms with Gasteiger partial charge < -0.3 is 20.5 Å². The molecule has 8 nitrogen and oxygen atoms in total. The predicted molar refractivity (Wildman–Crippen MR) is 114 cm³/mol. The molecule has 0 aliphatic rings. The van der Waals surface area contributed by atoms with E-state index in [1.165, 1.54) is 0 Å². The van der Waals surface area contributed by atoms with E-state index in [0.717, 1.165) is 36.4 Å².